The van der Waals surface area contributed by atoms with Crippen molar-refractivity contribution in [2.24, 2.45) is 0 Å². The number of para-hydroxylation sites is 2. The summed E-state index contributed by atoms with van der Waals surface area (Å²) in [6, 6.07) is 7.61. The van der Waals surface area contributed by atoms with Crippen LogP contribution in [0.2, 0.25) is 0 Å². The van der Waals surface area contributed by atoms with Crippen LogP contribution in [-0.4, -0.2) is 34.3 Å². The summed E-state index contributed by atoms with van der Waals surface area (Å²) in [6.45, 7) is 4.02. The van der Waals surface area contributed by atoms with Gasteiger partial charge in [0.15, 0.2) is 0 Å². The number of imidazole rings is 1. The van der Waals surface area contributed by atoms with Crippen molar-refractivity contribution in [2.75, 3.05) is 13.2 Å². The quantitative estimate of drug-likeness (QED) is 0.878. The number of hydrogen-bond acceptors (Lipinski definition) is 3. The zero-order valence-corrected chi connectivity index (χ0v) is 13.5. The third-order valence-corrected chi connectivity index (χ3v) is 4.22. The van der Waals surface area contributed by atoms with E-state index in [1.165, 1.54) is 0 Å². The number of nitrogens with zero attached hydrogens (tertiary/aromatic N) is 2. The van der Waals surface area contributed by atoms with E-state index >= 15 is 0 Å². The Morgan fingerprint density at radius 1 is 1.30 bits per heavy atom. The first-order valence-electron chi connectivity index (χ1n) is 8.27. The maximum Gasteiger partial charge on any atom is 0.329 e. The Balaban J connectivity index is 1.77. The molecule has 0 bridgehead atoms. The zero-order valence-electron chi connectivity index (χ0n) is 13.5. The Morgan fingerprint density at radius 3 is 2.70 bits per heavy atom. The van der Waals surface area contributed by atoms with Crippen molar-refractivity contribution in [3.8, 4) is 0 Å². The Labute approximate surface area is 135 Å². The van der Waals surface area contributed by atoms with E-state index in [0.717, 1.165) is 36.9 Å². The SMILES string of the molecule is CCCn1c(=O)n(CC(=O)NC[C@H]2CCCO2)c2ccccc21. The van der Waals surface area contributed by atoms with E-state index in [0.29, 0.717) is 13.1 Å². The molecule has 2 heterocycles. The summed E-state index contributed by atoms with van der Waals surface area (Å²) in [7, 11) is 0. The van der Waals surface area contributed by atoms with Crippen LogP contribution in [0.25, 0.3) is 11.0 Å². The van der Waals surface area contributed by atoms with E-state index in [1.54, 1.807) is 9.13 Å². The molecule has 1 atom stereocenters. The number of benzene rings is 1. The lowest BCUT2D eigenvalue weighted by molar-refractivity contribution is -0.122. The van der Waals surface area contributed by atoms with Gasteiger partial charge in [0.1, 0.15) is 6.54 Å². The maximum absolute atomic E-state index is 12.6. The minimum Gasteiger partial charge on any atom is -0.376 e. The first-order chi connectivity index (χ1) is 11.2. The van der Waals surface area contributed by atoms with Crippen molar-refractivity contribution >= 4 is 16.9 Å². The third-order valence-electron chi connectivity index (χ3n) is 4.22. The molecule has 6 heteroatoms. The van der Waals surface area contributed by atoms with E-state index in [4.69, 9.17) is 4.74 Å². The molecular weight excluding hydrogens is 294 g/mol. The van der Waals surface area contributed by atoms with Crippen LogP contribution in [0.4, 0.5) is 0 Å². The van der Waals surface area contributed by atoms with E-state index < -0.39 is 0 Å². The molecule has 0 radical (unpaired) electrons. The number of aromatic nitrogens is 2. The van der Waals surface area contributed by atoms with Gasteiger partial charge in [-0.1, -0.05) is 19.1 Å². The number of nitrogens with one attached hydrogen (secondary N) is 1. The lowest BCUT2D eigenvalue weighted by Crippen LogP contribution is -2.36. The second-order valence-corrected chi connectivity index (χ2v) is 5.95. The second-order valence-electron chi connectivity index (χ2n) is 5.95. The van der Waals surface area contributed by atoms with Gasteiger partial charge in [0.2, 0.25) is 5.91 Å². The Bertz CT molecular complexity index is 741. The Morgan fingerprint density at radius 2 is 2.04 bits per heavy atom. The minimum absolute atomic E-state index is 0.0444. The standard InChI is InChI=1S/C17H23N3O3/c1-2-9-19-14-7-3-4-8-15(14)20(17(19)22)12-16(21)18-11-13-6-5-10-23-13/h3-4,7-8,13H,2,5-6,9-12H2,1H3,(H,18,21)/t13-/m1/s1. The third kappa shape index (κ3) is 3.32. The fraction of sp³-hybridized carbons (Fsp3) is 0.529. The molecule has 0 aliphatic carbocycles. The van der Waals surface area contributed by atoms with Crippen molar-refractivity contribution in [1.29, 1.82) is 0 Å². The summed E-state index contributed by atoms with van der Waals surface area (Å²) in [5.74, 6) is -0.151. The molecule has 0 spiro atoms. The van der Waals surface area contributed by atoms with E-state index in [1.807, 2.05) is 31.2 Å². The van der Waals surface area contributed by atoms with Gasteiger partial charge in [-0.05, 0) is 31.4 Å². The van der Waals surface area contributed by atoms with Crippen LogP contribution >= 0.6 is 0 Å². The summed E-state index contributed by atoms with van der Waals surface area (Å²) in [6.07, 6.45) is 3.01. The van der Waals surface area contributed by atoms with Gasteiger partial charge in [0, 0.05) is 19.7 Å². The molecule has 1 amide bonds. The van der Waals surface area contributed by atoms with Gasteiger partial charge in [-0.25, -0.2) is 4.79 Å². The normalized spacial score (nSPS) is 17.7. The molecule has 0 saturated carbocycles. The first-order valence-corrected chi connectivity index (χ1v) is 8.27. The van der Waals surface area contributed by atoms with Gasteiger partial charge in [-0.2, -0.15) is 0 Å². The Kier molecular flexibility index (Phi) is 4.81. The predicted octanol–water partition coefficient (Wildman–Crippen LogP) is 1.51. The molecule has 1 aliphatic heterocycles. The summed E-state index contributed by atoms with van der Waals surface area (Å²) >= 11 is 0. The van der Waals surface area contributed by atoms with E-state index in [2.05, 4.69) is 5.32 Å². The Hall–Kier alpha value is -2.08. The first kappa shape index (κ1) is 15.8. The number of aryl methyl sites for hydroxylation is 1. The molecule has 1 saturated heterocycles. The van der Waals surface area contributed by atoms with Gasteiger partial charge in [-0.3, -0.25) is 13.9 Å². The molecule has 1 fully saturated rings. The molecule has 124 valence electrons. The highest BCUT2D eigenvalue weighted by Crippen LogP contribution is 2.13. The smallest absolute Gasteiger partial charge is 0.329 e. The van der Waals surface area contributed by atoms with Gasteiger partial charge >= 0.3 is 5.69 Å². The molecule has 3 rings (SSSR count). The number of hydrogen-bond donors (Lipinski definition) is 1. The summed E-state index contributed by atoms with van der Waals surface area (Å²) < 4.78 is 8.79. The molecule has 1 N–H and O–H groups in total. The van der Waals surface area contributed by atoms with Crippen LogP contribution in [0, 0.1) is 0 Å². The number of amides is 1. The molecule has 1 aliphatic rings. The van der Waals surface area contributed by atoms with Crippen LogP contribution < -0.4 is 11.0 Å². The topological polar surface area (TPSA) is 65.3 Å². The molecule has 2 aromatic rings. The lowest BCUT2D eigenvalue weighted by atomic mass is 10.2. The highest BCUT2D eigenvalue weighted by molar-refractivity contribution is 5.80. The molecule has 1 aromatic carbocycles. The fourth-order valence-corrected chi connectivity index (χ4v) is 3.10. The summed E-state index contributed by atoms with van der Waals surface area (Å²) in [5, 5.41) is 2.87. The van der Waals surface area contributed by atoms with Crippen LogP contribution in [0.3, 0.4) is 0 Å². The monoisotopic (exact) mass is 317 g/mol. The number of carbonyl (C=O) groups is 1. The average molecular weight is 317 g/mol. The fourth-order valence-electron chi connectivity index (χ4n) is 3.10. The van der Waals surface area contributed by atoms with Gasteiger partial charge in [-0.15, -0.1) is 0 Å². The molecule has 6 nitrogen and oxygen atoms in total. The van der Waals surface area contributed by atoms with Crippen molar-refractivity contribution < 1.29 is 9.53 Å². The molecular formula is C17H23N3O3. The van der Waals surface area contributed by atoms with Crippen LogP contribution in [-0.2, 0) is 22.6 Å². The molecule has 1 aromatic heterocycles. The maximum atomic E-state index is 12.6. The average Bonchev–Trinajstić information content (AvgIpc) is 3.16. The minimum atomic E-state index is -0.151. The molecule has 0 unspecified atom stereocenters. The number of ether oxygens (including phenoxy) is 1. The van der Waals surface area contributed by atoms with Crippen LogP contribution in [0.1, 0.15) is 26.2 Å². The van der Waals surface area contributed by atoms with Gasteiger partial charge < -0.3 is 10.1 Å². The lowest BCUT2D eigenvalue weighted by Gasteiger charge is -2.11. The highest BCUT2D eigenvalue weighted by Gasteiger charge is 2.18. The summed E-state index contributed by atoms with van der Waals surface area (Å²) in [5.41, 5.74) is 1.56. The second kappa shape index (κ2) is 7.00. The number of fused-ring (bicyclic) bond motifs is 1. The molecule has 23 heavy (non-hydrogen) atoms. The number of carbonyl (C=O) groups excluding carboxylic acids is 1. The van der Waals surface area contributed by atoms with Crippen LogP contribution in [0.5, 0.6) is 0 Å². The van der Waals surface area contributed by atoms with E-state index in [9.17, 15) is 9.59 Å². The van der Waals surface area contributed by atoms with Crippen molar-refractivity contribution in [3.63, 3.8) is 0 Å². The summed E-state index contributed by atoms with van der Waals surface area (Å²) in [4.78, 5) is 24.8. The zero-order chi connectivity index (χ0) is 16.2. The van der Waals surface area contributed by atoms with Crippen LogP contribution in [0.15, 0.2) is 29.1 Å². The van der Waals surface area contributed by atoms with Gasteiger partial charge in [0.05, 0.1) is 17.1 Å². The largest absolute Gasteiger partial charge is 0.376 e. The van der Waals surface area contributed by atoms with Gasteiger partial charge in [0.25, 0.3) is 0 Å². The van der Waals surface area contributed by atoms with Crippen molar-refractivity contribution in [1.82, 2.24) is 14.5 Å². The van der Waals surface area contributed by atoms with Crippen molar-refractivity contribution in [2.45, 2.75) is 45.4 Å². The van der Waals surface area contributed by atoms with E-state index in [-0.39, 0.29) is 24.2 Å². The number of rotatable bonds is 6. The highest BCUT2D eigenvalue weighted by atomic mass is 16.5. The van der Waals surface area contributed by atoms with Crippen molar-refractivity contribution in [3.05, 3.63) is 34.7 Å². The predicted molar refractivity (Wildman–Crippen MR) is 88.5 cm³/mol.